The minimum atomic E-state index is -0.716. The van der Waals surface area contributed by atoms with Crippen molar-refractivity contribution in [3.8, 4) is 0 Å². The first-order valence-corrected chi connectivity index (χ1v) is 7.87. The average molecular weight is 289 g/mol. The summed E-state index contributed by atoms with van der Waals surface area (Å²) < 4.78 is 0. The second-order valence-corrected chi connectivity index (χ2v) is 7.13. The van der Waals surface area contributed by atoms with Crippen LogP contribution in [0.2, 0.25) is 0 Å². The molecule has 0 bridgehead atoms. The van der Waals surface area contributed by atoms with Crippen molar-refractivity contribution in [1.82, 2.24) is 5.32 Å². The first-order valence-electron chi connectivity index (χ1n) is 7.87. The van der Waals surface area contributed by atoms with Crippen LogP contribution >= 0.6 is 0 Å². The molecule has 2 unspecified atom stereocenters. The lowest BCUT2D eigenvalue weighted by Gasteiger charge is -2.40. The van der Waals surface area contributed by atoms with Crippen molar-refractivity contribution < 1.29 is 9.90 Å². The Labute approximate surface area is 127 Å². The van der Waals surface area contributed by atoms with Crippen LogP contribution in [-0.2, 0) is 10.3 Å². The lowest BCUT2D eigenvalue weighted by Crippen LogP contribution is -2.51. The monoisotopic (exact) mass is 289 g/mol. The first-order chi connectivity index (χ1) is 9.89. The highest BCUT2D eigenvalue weighted by Gasteiger charge is 2.39. The number of nitrogens with one attached hydrogen (secondary N) is 1. The summed E-state index contributed by atoms with van der Waals surface area (Å²) in [6.07, 6.45) is 4.34. The highest BCUT2D eigenvalue weighted by Crippen LogP contribution is 2.41. The Hall–Kier alpha value is -1.35. The van der Waals surface area contributed by atoms with Crippen molar-refractivity contribution >= 4 is 5.91 Å². The summed E-state index contributed by atoms with van der Waals surface area (Å²) in [6, 6.07) is 9.69. The molecule has 0 radical (unpaired) electrons. The number of rotatable bonds is 4. The van der Waals surface area contributed by atoms with Gasteiger partial charge in [-0.05, 0) is 30.7 Å². The molecule has 116 valence electrons. The zero-order chi connectivity index (χ0) is 15.5. The molecule has 2 atom stereocenters. The number of carbonyl (C=O) groups excluding carboxylic acids is 1. The van der Waals surface area contributed by atoms with Crippen LogP contribution in [0.15, 0.2) is 30.3 Å². The molecule has 1 aromatic rings. The predicted octanol–water partition coefficient (Wildman–Crippen LogP) is 3.23. The summed E-state index contributed by atoms with van der Waals surface area (Å²) >= 11 is 0. The standard InChI is InChI=1S/C18H27NO2/c1-17(2)12-8-7-11-15(17)16(21)19-18(3,13-20)14-9-5-4-6-10-14/h4-6,9-10,15,20H,7-8,11-13H2,1-3H3,(H,19,21). The third-order valence-corrected chi connectivity index (χ3v) is 4.95. The first kappa shape index (κ1) is 16.0. The second-order valence-electron chi connectivity index (χ2n) is 7.13. The van der Waals surface area contributed by atoms with Crippen molar-refractivity contribution in [2.24, 2.45) is 11.3 Å². The van der Waals surface area contributed by atoms with Crippen molar-refractivity contribution in [2.45, 2.75) is 52.0 Å². The molecule has 3 heteroatoms. The highest BCUT2D eigenvalue weighted by molar-refractivity contribution is 5.80. The van der Waals surface area contributed by atoms with Gasteiger partial charge in [0.25, 0.3) is 0 Å². The summed E-state index contributed by atoms with van der Waals surface area (Å²) in [5, 5.41) is 12.9. The number of aliphatic hydroxyl groups is 1. The molecule has 0 heterocycles. The number of amides is 1. The van der Waals surface area contributed by atoms with Crippen LogP contribution in [0.1, 0.15) is 52.0 Å². The molecule has 3 nitrogen and oxygen atoms in total. The van der Waals surface area contributed by atoms with E-state index in [1.807, 2.05) is 37.3 Å². The van der Waals surface area contributed by atoms with Crippen LogP contribution < -0.4 is 5.32 Å². The van der Waals surface area contributed by atoms with E-state index in [0.717, 1.165) is 24.8 Å². The average Bonchev–Trinajstić information content (AvgIpc) is 2.47. The van der Waals surface area contributed by atoms with E-state index >= 15 is 0 Å². The van der Waals surface area contributed by atoms with Crippen molar-refractivity contribution in [1.29, 1.82) is 0 Å². The van der Waals surface area contributed by atoms with Crippen molar-refractivity contribution in [3.05, 3.63) is 35.9 Å². The molecular weight excluding hydrogens is 262 g/mol. The van der Waals surface area contributed by atoms with Gasteiger partial charge >= 0.3 is 0 Å². The Kier molecular flexibility index (Phi) is 4.72. The van der Waals surface area contributed by atoms with Crippen LogP contribution in [0.4, 0.5) is 0 Å². The molecule has 1 fully saturated rings. The molecular formula is C18H27NO2. The molecule has 1 aliphatic carbocycles. The molecule has 21 heavy (non-hydrogen) atoms. The Morgan fingerprint density at radius 1 is 1.33 bits per heavy atom. The number of hydrogen-bond donors (Lipinski definition) is 2. The van der Waals surface area contributed by atoms with Gasteiger partial charge in [0, 0.05) is 5.92 Å². The molecule has 0 aromatic heterocycles. The number of carbonyl (C=O) groups is 1. The summed E-state index contributed by atoms with van der Waals surface area (Å²) in [4.78, 5) is 12.7. The molecule has 0 spiro atoms. The van der Waals surface area contributed by atoms with E-state index in [2.05, 4.69) is 19.2 Å². The minimum Gasteiger partial charge on any atom is -0.394 e. The molecule has 1 aromatic carbocycles. The smallest absolute Gasteiger partial charge is 0.224 e. The van der Waals surface area contributed by atoms with Gasteiger partial charge in [-0.25, -0.2) is 0 Å². The largest absolute Gasteiger partial charge is 0.394 e. The minimum absolute atomic E-state index is 0.0286. The van der Waals surface area contributed by atoms with Gasteiger partial charge in [0.1, 0.15) is 0 Å². The van der Waals surface area contributed by atoms with E-state index < -0.39 is 5.54 Å². The summed E-state index contributed by atoms with van der Waals surface area (Å²) in [7, 11) is 0. The van der Waals surface area contributed by atoms with Gasteiger partial charge in [-0.3, -0.25) is 4.79 Å². The Morgan fingerprint density at radius 3 is 2.57 bits per heavy atom. The van der Waals surface area contributed by atoms with E-state index in [4.69, 9.17) is 0 Å². The molecule has 2 N–H and O–H groups in total. The SMILES string of the molecule is CC(CO)(NC(=O)C1CCCCC1(C)C)c1ccccc1. The lowest BCUT2D eigenvalue weighted by molar-refractivity contribution is -0.132. The van der Waals surface area contributed by atoms with Gasteiger partial charge in [-0.2, -0.15) is 0 Å². The maximum Gasteiger partial charge on any atom is 0.224 e. The van der Waals surface area contributed by atoms with E-state index in [-0.39, 0.29) is 23.8 Å². The molecule has 1 amide bonds. The zero-order valence-corrected chi connectivity index (χ0v) is 13.4. The topological polar surface area (TPSA) is 49.3 Å². The Balaban J connectivity index is 2.16. The molecule has 1 saturated carbocycles. The quantitative estimate of drug-likeness (QED) is 0.894. The number of aliphatic hydroxyl groups excluding tert-OH is 1. The summed E-state index contributed by atoms with van der Waals surface area (Å²) in [5.41, 5.74) is 0.260. The maximum absolute atomic E-state index is 12.7. The Bertz CT molecular complexity index is 483. The predicted molar refractivity (Wildman–Crippen MR) is 84.8 cm³/mol. The van der Waals surface area contributed by atoms with Crippen LogP contribution in [0.3, 0.4) is 0 Å². The van der Waals surface area contributed by atoms with Gasteiger partial charge < -0.3 is 10.4 Å². The summed E-state index contributed by atoms with van der Waals surface area (Å²) in [5.74, 6) is 0.0981. The molecule has 0 aliphatic heterocycles. The van der Waals surface area contributed by atoms with Crippen LogP contribution in [0, 0.1) is 11.3 Å². The fourth-order valence-corrected chi connectivity index (χ4v) is 3.35. The highest BCUT2D eigenvalue weighted by atomic mass is 16.3. The number of hydrogen-bond acceptors (Lipinski definition) is 2. The van der Waals surface area contributed by atoms with Gasteiger partial charge in [-0.1, -0.05) is 57.0 Å². The number of benzene rings is 1. The van der Waals surface area contributed by atoms with Crippen LogP contribution in [-0.4, -0.2) is 17.6 Å². The van der Waals surface area contributed by atoms with Crippen LogP contribution in [0.5, 0.6) is 0 Å². The lowest BCUT2D eigenvalue weighted by atomic mass is 9.68. The Morgan fingerprint density at radius 2 is 2.00 bits per heavy atom. The van der Waals surface area contributed by atoms with E-state index in [0.29, 0.717) is 0 Å². The van der Waals surface area contributed by atoms with Gasteiger partial charge in [0.15, 0.2) is 0 Å². The van der Waals surface area contributed by atoms with E-state index in [1.54, 1.807) is 0 Å². The van der Waals surface area contributed by atoms with Gasteiger partial charge in [-0.15, -0.1) is 0 Å². The molecule has 0 saturated heterocycles. The maximum atomic E-state index is 12.7. The second kappa shape index (κ2) is 6.18. The van der Waals surface area contributed by atoms with Crippen molar-refractivity contribution in [2.75, 3.05) is 6.61 Å². The normalized spacial score (nSPS) is 24.1. The van der Waals surface area contributed by atoms with Gasteiger partial charge in [0.2, 0.25) is 5.91 Å². The third kappa shape index (κ3) is 3.46. The van der Waals surface area contributed by atoms with E-state index in [1.165, 1.54) is 6.42 Å². The van der Waals surface area contributed by atoms with Crippen LogP contribution in [0.25, 0.3) is 0 Å². The molecule has 2 rings (SSSR count). The fraction of sp³-hybridized carbons (Fsp3) is 0.611. The zero-order valence-electron chi connectivity index (χ0n) is 13.4. The van der Waals surface area contributed by atoms with Gasteiger partial charge in [0.05, 0.1) is 12.1 Å². The van der Waals surface area contributed by atoms with E-state index in [9.17, 15) is 9.90 Å². The fourth-order valence-electron chi connectivity index (χ4n) is 3.35. The summed E-state index contributed by atoms with van der Waals surface area (Å²) in [6.45, 7) is 6.14. The van der Waals surface area contributed by atoms with Crippen molar-refractivity contribution in [3.63, 3.8) is 0 Å². The molecule has 1 aliphatic rings. The third-order valence-electron chi connectivity index (χ3n) is 4.95.